The summed E-state index contributed by atoms with van der Waals surface area (Å²) in [7, 11) is 0. The molecule has 0 bridgehead atoms. The number of anilines is 1. The average Bonchev–Trinajstić information content (AvgIpc) is 2.74. The van der Waals surface area contributed by atoms with Gasteiger partial charge in [-0.3, -0.25) is 0 Å². The number of rotatable bonds is 3. The summed E-state index contributed by atoms with van der Waals surface area (Å²) in [4.78, 5) is 4.18. The zero-order valence-electron chi connectivity index (χ0n) is 18.4. The molecular weight excluding hydrogens is 413 g/mol. The molecule has 1 aliphatic rings. The fraction of sp³-hybridized carbons (Fsp3) is 0.269. The number of hydrogen-bond acceptors (Lipinski definition) is 3. The molecule has 0 aliphatic carbocycles. The fourth-order valence-electron chi connectivity index (χ4n) is 3.63. The molecule has 6 heteroatoms. The first kappa shape index (κ1) is 21.9. The molecule has 0 amide bonds. The van der Waals surface area contributed by atoms with Crippen LogP contribution in [0.15, 0.2) is 71.7 Å². The Balaban J connectivity index is 1.92. The van der Waals surface area contributed by atoms with E-state index in [0.717, 1.165) is 16.7 Å². The van der Waals surface area contributed by atoms with Crippen LogP contribution in [-0.2, 0) is 5.72 Å². The molecule has 0 unspecified atom stereocenters. The topological polar surface area (TPSA) is 33.6 Å². The van der Waals surface area contributed by atoms with Crippen LogP contribution in [0.5, 0.6) is 5.75 Å². The van der Waals surface area contributed by atoms with E-state index < -0.39 is 11.9 Å². The summed E-state index contributed by atoms with van der Waals surface area (Å²) >= 11 is 0. The van der Waals surface area contributed by atoms with Crippen LogP contribution in [0.25, 0.3) is 0 Å². The van der Waals surface area contributed by atoms with Gasteiger partial charge in [0.05, 0.1) is 5.56 Å². The lowest BCUT2D eigenvalue weighted by Gasteiger charge is -2.37. The molecule has 3 aromatic rings. The van der Waals surface area contributed by atoms with E-state index in [2.05, 4.69) is 10.3 Å². The monoisotopic (exact) mass is 438 g/mol. The third-order valence-electron chi connectivity index (χ3n) is 5.60. The van der Waals surface area contributed by atoms with Gasteiger partial charge in [-0.25, -0.2) is 4.99 Å². The fourth-order valence-corrected chi connectivity index (χ4v) is 3.63. The van der Waals surface area contributed by atoms with Crippen molar-refractivity contribution < 1.29 is 17.9 Å². The molecule has 4 rings (SSSR count). The first-order valence-electron chi connectivity index (χ1n) is 10.5. The molecule has 0 fully saturated rings. The molecule has 3 nitrogen and oxygen atoms in total. The molecule has 1 atom stereocenters. The molecule has 0 spiro atoms. The highest BCUT2D eigenvalue weighted by Gasteiger charge is 2.61. The summed E-state index contributed by atoms with van der Waals surface area (Å²) < 4.78 is 49.7. The number of aryl methyl sites for hydroxylation is 2. The quantitative estimate of drug-likeness (QED) is 0.473. The predicted octanol–water partition coefficient (Wildman–Crippen LogP) is 7.09. The number of nitrogens with zero attached hydrogens (tertiary/aromatic N) is 1. The minimum Gasteiger partial charge on any atom is -0.452 e. The Labute approximate surface area is 186 Å². The van der Waals surface area contributed by atoms with Gasteiger partial charge in [0.25, 0.3) is 0 Å². The molecule has 32 heavy (non-hydrogen) atoms. The maximum atomic E-state index is 14.6. The molecule has 166 valence electrons. The second-order valence-corrected chi connectivity index (χ2v) is 8.47. The Morgan fingerprint density at radius 2 is 1.47 bits per heavy atom. The lowest BCUT2D eigenvalue weighted by molar-refractivity contribution is -0.252. The van der Waals surface area contributed by atoms with Gasteiger partial charge in [0, 0.05) is 11.3 Å². The van der Waals surface area contributed by atoms with Crippen LogP contribution in [0.2, 0.25) is 0 Å². The van der Waals surface area contributed by atoms with Gasteiger partial charge in [0.15, 0.2) is 0 Å². The Bertz CT molecular complexity index is 1150. The third kappa shape index (κ3) is 3.97. The van der Waals surface area contributed by atoms with E-state index >= 15 is 0 Å². The number of hydrogen-bond donors (Lipinski definition) is 1. The summed E-state index contributed by atoms with van der Waals surface area (Å²) in [5.41, 5.74) is 1.01. The van der Waals surface area contributed by atoms with Crippen LogP contribution in [0.3, 0.4) is 0 Å². The maximum absolute atomic E-state index is 14.6. The molecule has 0 saturated carbocycles. The van der Waals surface area contributed by atoms with Gasteiger partial charge < -0.3 is 10.1 Å². The highest BCUT2D eigenvalue weighted by Crippen LogP contribution is 2.48. The van der Waals surface area contributed by atoms with E-state index in [0.29, 0.717) is 11.3 Å². The minimum atomic E-state index is -4.78. The third-order valence-corrected chi connectivity index (χ3v) is 5.60. The van der Waals surface area contributed by atoms with Crippen LogP contribution in [-0.4, -0.2) is 12.0 Å². The molecular formula is C26H25F3N2O. The van der Waals surface area contributed by atoms with Gasteiger partial charge in [-0.15, -0.1) is 0 Å². The molecule has 0 radical (unpaired) electrons. The van der Waals surface area contributed by atoms with Gasteiger partial charge in [-0.05, 0) is 49.6 Å². The minimum absolute atomic E-state index is 0.0700. The van der Waals surface area contributed by atoms with Gasteiger partial charge in [0.1, 0.15) is 11.6 Å². The van der Waals surface area contributed by atoms with E-state index in [1.54, 1.807) is 24.3 Å². The zero-order chi connectivity index (χ0) is 23.1. The molecule has 1 aliphatic heterocycles. The maximum Gasteiger partial charge on any atom is 0.455 e. The van der Waals surface area contributed by atoms with Crippen LogP contribution in [0.1, 0.15) is 47.6 Å². The van der Waals surface area contributed by atoms with Crippen molar-refractivity contribution in [1.82, 2.24) is 0 Å². The molecule has 3 aromatic carbocycles. The lowest BCUT2D eigenvalue weighted by Crippen LogP contribution is -2.49. The van der Waals surface area contributed by atoms with E-state index in [9.17, 15) is 13.2 Å². The van der Waals surface area contributed by atoms with E-state index in [1.807, 2.05) is 58.0 Å². The van der Waals surface area contributed by atoms with Crippen molar-refractivity contribution in [3.05, 3.63) is 94.5 Å². The lowest BCUT2D eigenvalue weighted by atomic mass is 9.96. The van der Waals surface area contributed by atoms with Crippen molar-refractivity contribution in [2.45, 2.75) is 45.5 Å². The molecule has 1 heterocycles. The van der Waals surface area contributed by atoms with Crippen molar-refractivity contribution in [2.24, 2.45) is 4.99 Å². The number of amidine groups is 1. The number of aliphatic imine (C=N–C) groups is 1. The van der Waals surface area contributed by atoms with E-state index in [1.165, 1.54) is 12.1 Å². The second kappa shape index (κ2) is 8.01. The Morgan fingerprint density at radius 3 is 2.03 bits per heavy atom. The van der Waals surface area contributed by atoms with Gasteiger partial charge in [-0.1, -0.05) is 67.4 Å². The number of alkyl halides is 3. The summed E-state index contributed by atoms with van der Waals surface area (Å²) in [6, 6.07) is 18.9. The van der Waals surface area contributed by atoms with Crippen molar-refractivity contribution in [2.75, 3.05) is 5.32 Å². The number of ether oxygens (including phenoxy) is 1. The second-order valence-electron chi connectivity index (χ2n) is 8.47. The number of nitrogens with one attached hydrogen (secondary N) is 1. The van der Waals surface area contributed by atoms with Crippen LogP contribution in [0.4, 0.5) is 18.9 Å². The van der Waals surface area contributed by atoms with Crippen LogP contribution >= 0.6 is 0 Å². The van der Waals surface area contributed by atoms with Crippen molar-refractivity contribution in [3.8, 4) is 5.75 Å². The highest BCUT2D eigenvalue weighted by atomic mass is 19.4. The Hall–Kier alpha value is -3.28. The molecule has 0 saturated heterocycles. The summed E-state index contributed by atoms with van der Waals surface area (Å²) in [6.07, 6.45) is -4.78. The first-order chi connectivity index (χ1) is 15.1. The standard InChI is InChI=1S/C26H25F3N2O/c1-16(2)19-9-14-22-23(15-19)32-25(26(27,28)29,20-10-5-17(3)6-11-20)31-24(22)30-21-12-7-18(4)8-13-21/h5-16H,1-4H3,(H,30,31)/t25-/m1/s1. The summed E-state index contributed by atoms with van der Waals surface area (Å²) in [5.74, 6) is 0.401. The summed E-state index contributed by atoms with van der Waals surface area (Å²) in [6.45, 7) is 7.75. The van der Waals surface area contributed by atoms with Crippen molar-refractivity contribution in [1.29, 1.82) is 0 Å². The number of halogens is 3. The number of fused-ring (bicyclic) bond motifs is 1. The molecule has 1 N–H and O–H groups in total. The van der Waals surface area contributed by atoms with Gasteiger partial charge >= 0.3 is 11.9 Å². The first-order valence-corrected chi connectivity index (χ1v) is 10.5. The Kier molecular flexibility index (Phi) is 5.49. The summed E-state index contributed by atoms with van der Waals surface area (Å²) in [5, 5.41) is 3.09. The van der Waals surface area contributed by atoms with Crippen molar-refractivity contribution in [3.63, 3.8) is 0 Å². The largest absolute Gasteiger partial charge is 0.455 e. The van der Waals surface area contributed by atoms with Crippen LogP contribution < -0.4 is 10.1 Å². The van der Waals surface area contributed by atoms with Crippen LogP contribution in [0, 0.1) is 13.8 Å². The zero-order valence-corrected chi connectivity index (χ0v) is 18.4. The van der Waals surface area contributed by atoms with E-state index in [4.69, 9.17) is 4.74 Å². The number of benzene rings is 3. The normalized spacial score (nSPS) is 18.1. The highest BCUT2D eigenvalue weighted by molar-refractivity contribution is 6.10. The SMILES string of the molecule is Cc1ccc(NC2=N[C@@](c3ccc(C)cc3)(C(F)(F)F)Oc3cc(C(C)C)ccc32)cc1. The van der Waals surface area contributed by atoms with E-state index in [-0.39, 0.29) is 23.1 Å². The van der Waals surface area contributed by atoms with Gasteiger partial charge in [-0.2, -0.15) is 13.2 Å². The average molecular weight is 438 g/mol. The van der Waals surface area contributed by atoms with Gasteiger partial charge in [0.2, 0.25) is 0 Å². The molecule has 0 aromatic heterocycles. The van der Waals surface area contributed by atoms with Crippen molar-refractivity contribution >= 4 is 11.5 Å². The smallest absolute Gasteiger partial charge is 0.452 e. The Morgan fingerprint density at radius 1 is 0.875 bits per heavy atom. The predicted molar refractivity (Wildman–Crippen MR) is 121 cm³/mol.